The number of fused-ring (bicyclic) bond motifs is 1. The van der Waals surface area contributed by atoms with Gasteiger partial charge < -0.3 is 5.32 Å². The molecule has 2 nitrogen and oxygen atoms in total. The molecule has 1 aliphatic carbocycles. The zero-order chi connectivity index (χ0) is 9.10. The molecule has 0 fully saturated rings. The van der Waals surface area contributed by atoms with E-state index in [1.54, 1.807) is 0 Å². The second-order valence-electron chi connectivity index (χ2n) is 3.08. The Morgan fingerprint density at radius 1 is 1.31 bits per heavy atom. The van der Waals surface area contributed by atoms with Crippen molar-refractivity contribution >= 4 is 12.1 Å². The molecule has 0 unspecified atom stereocenters. The summed E-state index contributed by atoms with van der Waals surface area (Å²) in [5.74, 6) is 0. The van der Waals surface area contributed by atoms with Crippen LogP contribution in [-0.2, 0) is 11.2 Å². The first kappa shape index (κ1) is 8.05. The standard InChI is InChI=1S/C11H11NO/c13-8-12-11-7-3-5-9-4-1-2-6-10(9)11/h1-2,4,6-8H,3,5H2,(H,12,13). The van der Waals surface area contributed by atoms with Gasteiger partial charge in [-0.3, -0.25) is 4.79 Å². The SMILES string of the molecule is O=CNC1=CCCc2ccccc21. The molecular weight excluding hydrogens is 162 g/mol. The Hall–Kier alpha value is -1.57. The lowest BCUT2D eigenvalue weighted by Gasteiger charge is -2.16. The van der Waals surface area contributed by atoms with Gasteiger partial charge in [-0.1, -0.05) is 30.3 Å². The summed E-state index contributed by atoms with van der Waals surface area (Å²) in [6.45, 7) is 0. The summed E-state index contributed by atoms with van der Waals surface area (Å²) in [6.07, 6.45) is 4.87. The predicted octanol–water partition coefficient (Wildman–Crippen LogP) is 1.72. The number of hydrogen-bond acceptors (Lipinski definition) is 1. The van der Waals surface area contributed by atoms with Crippen molar-refractivity contribution in [3.63, 3.8) is 0 Å². The number of benzene rings is 1. The summed E-state index contributed by atoms with van der Waals surface area (Å²) >= 11 is 0. The van der Waals surface area contributed by atoms with Gasteiger partial charge in [0.05, 0.1) is 0 Å². The summed E-state index contributed by atoms with van der Waals surface area (Å²) in [4.78, 5) is 10.3. The maximum absolute atomic E-state index is 10.3. The van der Waals surface area contributed by atoms with Crippen LogP contribution in [0.5, 0.6) is 0 Å². The van der Waals surface area contributed by atoms with Gasteiger partial charge >= 0.3 is 0 Å². The van der Waals surface area contributed by atoms with Gasteiger partial charge in [-0.2, -0.15) is 0 Å². The highest BCUT2D eigenvalue weighted by Gasteiger charge is 2.10. The third-order valence-electron chi connectivity index (χ3n) is 2.28. The van der Waals surface area contributed by atoms with Gasteiger partial charge in [0.1, 0.15) is 0 Å². The van der Waals surface area contributed by atoms with Crippen LogP contribution in [0.3, 0.4) is 0 Å². The number of amides is 1. The van der Waals surface area contributed by atoms with Crippen LogP contribution < -0.4 is 5.32 Å². The average Bonchev–Trinajstić information content (AvgIpc) is 2.19. The number of carbonyl (C=O) groups excluding carboxylic acids is 1. The molecule has 0 radical (unpaired) electrons. The van der Waals surface area contributed by atoms with Gasteiger partial charge in [0.2, 0.25) is 6.41 Å². The Bertz CT molecular complexity index is 355. The molecule has 1 aromatic carbocycles. The van der Waals surface area contributed by atoms with Gasteiger partial charge in [-0.15, -0.1) is 0 Å². The van der Waals surface area contributed by atoms with Crippen LogP contribution in [-0.4, -0.2) is 6.41 Å². The van der Waals surface area contributed by atoms with Crippen molar-refractivity contribution in [1.82, 2.24) is 5.32 Å². The van der Waals surface area contributed by atoms with E-state index in [-0.39, 0.29) is 0 Å². The molecule has 0 aliphatic heterocycles. The fourth-order valence-electron chi connectivity index (χ4n) is 1.68. The minimum atomic E-state index is 0.730. The lowest BCUT2D eigenvalue weighted by atomic mass is 9.95. The molecule has 0 saturated heterocycles. The maximum atomic E-state index is 10.3. The molecule has 1 aliphatic rings. The highest BCUT2D eigenvalue weighted by molar-refractivity contribution is 5.76. The molecule has 1 aromatic rings. The van der Waals surface area contributed by atoms with Crippen molar-refractivity contribution < 1.29 is 4.79 Å². The van der Waals surface area contributed by atoms with E-state index in [4.69, 9.17) is 0 Å². The first-order valence-electron chi connectivity index (χ1n) is 4.40. The maximum Gasteiger partial charge on any atom is 0.211 e. The topological polar surface area (TPSA) is 29.1 Å². The lowest BCUT2D eigenvalue weighted by Crippen LogP contribution is -2.13. The molecular formula is C11H11NO. The fraction of sp³-hybridized carbons (Fsp3) is 0.182. The zero-order valence-electron chi connectivity index (χ0n) is 7.29. The Morgan fingerprint density at radius 3 is 3.00 bits per heavy atom. The third kappa shape index (κ3) is 1.47. The molecule has 0 heterocycles. The number of allylic oxidation sites excluding steroid dienone is 1. The monoisotopic (exact) mass is 173 g/mol. The van der Waals surface area contributed by atoms with Crippen LogP contribution >= 0.6 is 0 Å². The second kappa shape index (κ2) is 3.44. The molecule has 2 rings (SSSR count). The first-order chi connectivity index (χ1) is 6.42. The van der Waals surface area contributed by atoms with E-state index in [1.165, 1.54) is 5.56 Å². The van der Waals surface area contributed by atoms with Crippen molar-refractivity contribution in [2.24, 2.45) is 0 Å². The number of nitrogens with one attached hydrogen (secondary N) is 1. The molecule has 1 amide bonds. The van der Waals surface area contributed by atoms with E-state index in [2.05, 4.69) is 17.5 Å². The third-order valence-corrected chi connectivity index (χ3v) is 2.28. The van der Waals surface area contributed by atoms with Crippen LogP contribution in [0.15, 0.2) is 30.3 Å². The van der Waals surface area contributed by atoms with Crippen LogP contribution in [0.2, 0.25) is 0 Å². The summed E-state index contributed by atoms with van der Waals surface area (Å²) in [6, 6.07) is 8.17. The number of aryl methyl sites for hydroxylation is 1. The van der Waals surface area contributed by atoms with Gasteiger partial charge in [-0.25, -0.2) is 0 Å². The van der Waals surface area contributed by atoms with E-state index >= 15 is 0 Å². The van der Waals surface area contributed by atoms with Crippen LogP contribution in [0, 0.1) is 0 Å². The van der Waals surface area contributed by atoms with Crippen LogP contribution in [0.25, 0.3) is 5.70 Å². The van der Waals surface area contributed by atoms with E-state index in [0.717, 1.165) is 30.5 Å². The van der Waals surface area contributed by atoms with E-state index in [1.807, 2.05) is 18.2 Å². The minimum Gasteiger partial charge on any atom is -0.328 e. The van der Waals surface area contributed by atoms with Crippen molar-refractivity contribution in [2.75, 3.05) is 0 Å². The van der Waals surface area contributed by atoms with Crippen molar-refractivity contribution in [1.29, 1.82) is 0 Å². The molecule has 2 heteroatoms. The quantitative estimate of drug-likeness (QED) is 0.678. The number of rotatable bonds is 2. The smallest absolute Gasteiger partial charge is 0.211 e. The average molecular weight is 173 g/mol. The summed E-state index contributed by atoms with van der Waals surface area (Å²) in [5, 5.41) is 2.72. The summed E-state index contributed by atoms with van der Waals surface area (Å²) < 4.78 is 0. The van der Waals surface area contributed by atoms with E-state index < -0.39 is 0 Å². The molecule has 66 valence electrons. The van der Waals surface area contributed by atoms with Gasteiger partial charge in [-0.05, 0) is 18.4 Å². The molecule has 0 atom stereocenters. The van der Waals surface area contributed by atoms with Gasteiger partial charge in [0.15, 0.2) is 0 Å². The molecule has 0 bridgehead atoms. The molecule has 0 spiro atoms. The number of carbonyl (C=O) groups is 1. The first-order valence-corrected chi connectivity index (χ1v) is 4.40. The Labute approximate surface area is 77.3 Å². The Kier molecular flexibility index (Phi) is 2.13. The highest BCUT2D eigenvalue weighted by Crippen LogP contribution is 2.23. The fourth-order valence-corrected chi connectivity index (χ4v) is 1.68. The summed E-state index contributed by atoms with van der Waals surface area (Å²) in [5.41, 5.74) is 3.41. The van der Waals surface area contributed by atoms with Crippen LogP contribution in [0.4, 0.5) is 0 Å². The molecule has 0 aromatic heterocycles. The van der Waals surface area contributed by atoms with E-state index in [0.29, 0.717) is 0 Å². The van der Waals surface area contributed by atoms with Crippen molar-refractivity contribution in [3.8, 4) is 0 Å². The normalized spacial score (nSPS) is 14.3. The van der Waals surface area contributed by atoms with Crippen LogP contribution in [0.1, 0.15) is 17.5 Å². The molecule has 0 saturated carbocycles. The van der Waals surface area contributed by atoms with E-state index in [9.17, 15) is 4.79 Å². The minimum absolute atomic E-state index is 0.730. The van der Waals surface area contributed by atoms with Gasteiger partial charge in [0, 0.05) is 11.3 Å². The zero-order valence-corrected chi connectivity index (χ0v) is 7.29. The lowest BCUT2D eigenvalue weighted by molar-refractivity contribution is -0.108. The number of hydrogen-bond donors (Lipinski definition) is 1. The molecule has 13 heavy (non-hydrogen) atoms. The Balaban J connectivity index is 2.41. The molecule has 1 N–H and O–H groups in total. The van der Waals surface area contributed by atoms with Gasteiger partial charge in [0.25, 0.3) is 0 Å². The van der Waals surface area contributed by atoms with Crippen molar-refractivity contribution in [3.05, 3.63) is 41.5 Å². The van der Waals surface area contributed by atoms with Crippen molar-refractivity contribution in [2.45, 2.75) is 12.8 Å². The summed E-state index contributed by atoms with van der Waals surface area (Å²) in [7, 11) is 0. The Morgan fingerprint density at radius 2 is 2.15 bits per heavy atom. The second-order valence-corrected chi connectivity index (χ2v) is 3.08. The highest BCUT2D eigenvalue weighted by atomic mass is 16.1. The largest absolute Gasteiger partial charge is 0.328 e. The predicted molar refractivity (Wildman–Crippen MR) is 51.9 cm³/mol.